The van der Waals surface area contributed by atoms with Gasteiger partial charge in [0.05, 0.1) is 32.5 Å². The van der Waals surface area contributed by atoms with Gasteiger partial charge in [0.15, 0.2) is 11.5 Å². The van der Waals surface area contributed by atoms with E-state index in [1.54, 1.807) is 37.1 Å². The second kappa shape index (κ2) is 9.38. The molecule has 0 aliphatic carbocycles. The first-order valence-corrected chi connectivity index (χ1v) is 9.72. The lowest BCUT2D eigenvalue weighted by atomic mass is 10.0. The number of aromatic hydroxyl groups is 1. The molecular formula is C24H25NO6. The lowest BCUT2D eigenvalue weighted by molar-refractivity contribution is -0.136. The summed E-state index contributed by atoms with van der Waals surface area (Å²) >= 11 is 0. The molecule has 0 bridgehead atoms. The summed E-state index contributed by atoms with van der Waals surface area (Å²) in [5.74, 6) is 0.174. The van der Waals surface area contributed by atoms with Crippen LogP contribution in [0.25, 0.3) is 6.08 Å². The molecule has 0 atom stereocenters. The largest absolute Gasteiger partial charge is 0.504 e. The number of methoxy groups -OCH3 is 3. The normalized spacial score (nSPS) is 14.9. The van der Waals surface area contributed by atoms with E-state index in [1.807, 2.05) is 24.3 Å². The number of allylic oxidation sites excluding steroid dienone is 1. The van der Waals surface area contributed by atoms with E-state index in [1.165, 1.54) is 20.3 Å². The Hall–Kier alpha value is -3.74. The Bertz CT molecular complexity index is 1050. The van der Waals surface area contributed by atoms with Crippen LogP contribution in [0.3, 0.4) is 0 Å². The van der Waals surface area contributed by atoms with Crippen molar-refractivity contribution < 1.29 is 28.9 Å². The van der Waals surface area contributed by atoms with Crippen molar-refractivity contribution in [1.29, 1.82) is 0 Å². The van der Waals surface area contributed by atoms with Crippen LogP contribution in [0.2, 0.25) is 0 Å². The summed E-state index contributed by atoms with van der Waals surface area (Å²) in [6.07, 6.45) is 2.22. The van der Waals surface area contributed by atoms with E-state index in [4.69, 9.17) is 14.2 Å². The van der Waals surface area contributed by atoms with Crippen LogP contribution in [-0.2, 0) is 20.7 Å². The number of carbonyl (C=O) groups is 2. The van der Waals surface area contributed by atoms with Gasteiger partial charge in [0.1, 0.15) is 5.75 Å². The van der Waals surface area contributed by atoms with Crippen LogP contribution < -0.4 is 9.47 Å². The highest BCUT2D eigenvalue weighted by atomic mass is 16.5. The first-order valence-electron chi connectivity index (χ1n) is 9.72. The van der Waals surface area contributed by atoms with Crippen molar-refractivity contribution in [3.05, 3.63) is 70.4 Å². The summed E-state index contributed by atoms with van der Waals surface area (Å²) < 4.78 is 15.2. The van der Waals surface area contributed by atoms with Crippen molar-refractivity contribution in [3.63, 3.8) is 0 Å². The van der Waals surface area contributed by atoms with Crippen molar-refractivity contribution in [2.45, 2.75) is 13.3 Å². The number of hydrogen-bond donors (Lipinski definition) is 1. The third kappa shape index (κ3) is 4.55. The number of rotatable bonds is 7. The minimum atomic E-state index is -0.574. The third-order valence-corrected chi connectivity index (χ3v) is 5.20. The molecule has 7 heteroatoms. The van der Waals surface area contributed by atoms with Crippen molar-refractivity contribution in [1.82, 2.24) is 4.90 Å². The topological polar surface area (TPSA) is 85.3 Å². The second-order valence-corrected chi connectivity index (χ2v) is 7.00. The van der Waals surface area contributed by atoms with Crippen LogP contribution in [0.1, 0.15) is 18.1 Å². The molecule has 0 fully saturated rings. The Morgan fingerprint density at radius 3 is 2.39 bits per heavy atom. The molecule has 0 spiro atoms. The molecule has 0 radical (unpaired) electrons. The smallest absolute Gasteiger partial charge is 0.340 e. The predicted molar refractivity (Wildman–Crippen MR) is 116 cm³/mol. The van der Waals surface area contributed by atoms with E-state index in [0.29, 0.717) is 24.2 Å². The van der Waals surface area contributed by atoms with Crippen LogP contribution in [-0.4, -0.2) is 49.8 Å². The highest BCUT2D eigenvalue weighted by Gasteiger charge is 2.36. The van der Waals surface area contributed by atoms with E-state index in [-0.39, 0.29) is 28.6 Å². The average Bonchev–Trinajstić information content (AvgIpc) is 3.02. The summed E-state index contributed by atoms with van der Waals surface area (Å²) in [6, 6.07) is 12.3. The fourth-order valence-corrected chi connectivity index (χ4v) is 3.48. The number of phenolic OH excluding ortho intramolecular Hbond substituents is 1. The lowest BCUT2D eigenvalue weighted by Gasteiger charge is -2.18. The number of esters is 1. The number of amides is 1. The van der Waals surface area contributed by atoms with Gasteiger partial charge in [-0.05, 0) is 54.8 Å². The maximum Gasteiger partial charge on any atom is 0.340 e. The molecular weight excluding hydrogens is 398 g/mol. The molecule has 7 nitrogen and oxygen atoms in total. The highest BCUT2D eigenvalue weighted by Crippen LogP contribution is 2.33. The number of benzene rings is 2. The summed E-state index contributed by atoms with van der Waals surface area (Å²) in [5.41, 5.74) is 2.68. The number of nitrogens with zero attached hydrogens (tertiary/aromatic N) is 1. The molecule has 2 aromatic rings. The third-order valence-electron chi connectivity index (χ3n) is 5.20. The Morgan fingerprint density at radius 2 is 1.77 bits per heavy atom. The van der Waals surface area contributed by atoms with Crippen LogP contribution in [0, 0.1) is 0 Å². The van der Waals surface area contributed by atoms with Gasteiger partial charge in [0, 0.05) is 12.2 Å². The van der Waals surface area contributed by atoms with Gasteiger partial charge in [0.25, 0.3) is 5.91 Å². The zero-order chi connectivity index (χ0) is 22.5. The molecule has 1 aliphatic heterocycles. The molecule has 31 heavy (non-hydrogen) atoms. The standard InChI is InChI=1S/C24H25NO6/c1-15-22(24(28)31-4)19(13-17-7-10-20(26)21(14-17)30-3)23(27)25(15)12-11-16-5-8-18(29-2)9-6-16/h5-10,13-14,26H,11-12H2,1-4H3/b19-13-. The molecule has 3 rings (SSSR count). The van der Waals surface area contributed by atoms with Crippen LogP contribution >= 0.6 is 0 Å². The fourth-order valence-electron chi connectivity index (χ4n) is 3.48. The Morgan fingerprint density at radius 1 is 1.06 bits per heavy atom. The molecule has 0 unspecified atom stereocenters. The van der Waals surface area contributed by atoms with Crippen LogP contribution in [0.5, 0.6) is 17.2 Å². The summed E-state index contributed by atoms with van der Waals surface area (Å²) in [5, 5.41) is 9.81. The molecule has 2 aromatic carbocycles. The molecule has 1 N–H and O–H groups in total. The Labute approximate surface area is 181 Å². The lowest BCUT2D eigenvalue weighted by Crippen LogP contribution is -2.27. The zero-order valence-electron chi connectivity index (χ0n) is 18.0. The first kappa shape index (κ1) is 22.0. The monoisotopic (exact) mass is 423 g/mol. The summed E-state index contributed by atoms with van der Waals surface area (Å²) in [6.45, 7) is 2.14. The SMILES string of the molecule is COC(=O)C1=C(C)N(CCc2ccc(OC)cc2)C(=O)/C1=C\c1ccc(O)c(OC)c1. The Balaban J connectivity index is 1.91. The van der Waals surface area contributed by atoms with E-state index < -0.39 is 5.97 Å². The molecule has 1 amide bonds. The van der Waals surface area contributed by atoms with E-state index in [9.17, 15) is 14.7 Å². The number of phenols is 1. The van der Waals surface area contributed by atoms with Crippen molar-refractivity contribution in [2.24, 2.45) is 0 Å². The van der Waals surface area contributed by atoms with E-state index >= 15 is 0 Å². The number of carbonyl (C=O) groups excluding carboxylic acids is 2. The van der Waals surface area contributed by atoms with Crippen molar-refractivity contribution >= 4 is 18.0 Å². The summed E-state index contributed by atoms with van der Waals surface area (Å²) in [7, 11) is 4.34. The molecule has 1 aliphatic rings. The van der Waals surface area contributed by atoms with E-state index in [0.717, 1.165) is 11.3 Å². The second-order valence-electron chi connectivity index (χ2n) is 7.00. The van der Waals surface area contributed by atoms with Gasteiger partial charge in [-0.15, -0.1) is 0 Å². The molecule has 1 heterocycles. The van der Waals surface area contributed by atoms with Gasteiger partial charge in [-0.25, -0.2) is 4.79 Å². The molecule has 0 aromatic heterocycles. The van der Waals surface area contributed by atoms with Gasteiger partial charge >= 0.3 is 5.97 Å². The summed E-state index contributed by atoms with van der Waals surface area (Å²) in [4.78, 5) is 27.2. The van der Waals surface area contributed by atoms with Gasteiger partial charge in [0.2, 0.25) is 0 Å². The molecule has 162 valence electrons. The fraction of sp³-hybridized carbons (Fsp3) is 0.250. The highest BCUT2D eigenvalue weighted by molar-refractivity contribution is 6.16. The van der Waals surface area contributed by atoms with Gasteiger partial charge in [-0.2, -0.15) is 0 Å². The predicted octanol–water partition coefficient (Wildman–Crippen LogP) is 3.32. The van der Waals surface area contributed by atoms with Crippen LogP contribution in [0.4, 0.5) is 0 Å². The Kier molecular flexibility index (Phi) is 6.65. The van der Waals surface area contributed by atoms with E-state index in [2.05, 4.69) is 0 Å². The van der Waals surface area contributed by atoms with Crippen LogP contribution in [0.15, 0.2) is 59.3 Å². The molecule has 0 saturated heterocycles. The average molecular weight is 423 g/mol. The maximum absolute atomic E-state index is 13.2. The first-order chi connectivity index (χ1) is 14.9. The number of ether oxygens (including phenoxy) is 3. The zero-order valence-corrected chi connectivity index (χ0v) is 18.0. The van der Waals surface area contributed by atoms with Gasteiger partial charge < -0.3 is 24.2 Å². The maximum atomic E-state index is 13.2. The minimum absolute atomic E-state index is 0.0107. The van der Waals surface area contributed by atoms with Gasteiger partial charge in [-0.1, -0.05) is 18.2 Å². The van der Waals surface area contributed by atoms with Gasteiger partial charge in [-0.3, -0.25) is 4.79 Å². The van der Waals surface area contributed by atoms with Crippen molar-refractivity contribution in [3.8, 4) is 17.2 Å². The van der Waals surface area contributed by atoms with Crippen molar-refractivity contribution in [2.75, 3.05) is 27.9 Å². The number of hydrogen-bond acceptors (Lipinski definition) is 6. The molecule has 0 saturated carbocycles. The quantitative estimate of drug-likeness (QED) is 0.543. The minimum Gasteiger partial charge on any atom is -0.504 e.